The van der Waals surface area contributed by atoms with Gasteiger partial charge in [0.2, 0.25) is 0 Å². The lowest BCUT2D eigenvalue weighted by Gasteiger charge is -2.20. The first-order chi connectivity index (χ1) is 18.2. The summed E-state index contributed by atoms with van der Waals surface area (Å²) in [5.74, 6) is 0.459. The number of pyridine rings is 1. The zero-order valence-corrected chi connectivity index (χ0v) is 22.2. The quantitative estimate of drug-likeness (QED) is 0.0993. The molecule has 11 nitrogen and oxygen atoms in total. The first-order valence-electron chi connectivity index (χ1n) is 11.6. The predicted octanol–water partition coefficient (Wildman–Crippen LogP) is 3.05. The topological polar surface area (TPSA) is 164 Å². The summed E-state index contributed by atoms with van der Waals surface area (Å²) in [5, 5.41) is 13.0. The number of aliphatic hydroxyl groups is 1. The molecule has 0 spiro atoms. The number of nitrogens with zero attached hydrogens (tertiary/aromatic N) is 3. The molecular weight excluding hydrogens is 512 g/mol. The van der Waals surface area contributed by atoms with Gasteiger partial charge in [-0.2, -0.15) is 5.48 Å². The van der Waals surface area contributed by atoms with Gasteiger partial charge in [0.1, 0.15) is 22.2 Å². The second-order valence-corrected chi connectivity index (χ2v) is 8.67. The highest BCUT2D eigenvalue weighted by Gasteiger charge is 2.21. The predicted molar refractivity (Wildman–Crippen MR) is 149 cm³/mol. The normalized spacial score (nSPS) is 13.1. The van der Waals surface area contributed by atoms with E-state index in [0.29, 0.717) is 39.1 Å². The smallest absolute Gasteiger partial charge is 0.320 e. The average molecular weight is 541 g/mol. The number of fused-ring (bicyclic) bond motifs is 1. The molecule has 1 atom stereocenters. The van der Waals surface area contributed by atoms with Crippen LogP contribution in [0.1, 0.15) is 41.1 Å². The number of aliphatic imine (C=N–C) groups is 2. The molecule has 0 aliphatic rings. The number of carbonyl (C=O) groups excluding carboxylic acids is 1. The molecule has 38 heavy (non-hydrogen) atoms. The summed E-state index contributed by atoms with van der Waals surface area (Å²) in [6.07, 6.45) is 2.77. The third-order valence-electron chi connectivity index (χ3n) is 5.64. The Morgan fingerprint density at radius 2 is 2.11 bits per heavy atom. The van der Waals surface area contributed by atoms with Crippen LogP contribution in [0, 0.1) is 13.8 Å². The summed E-state index contributed by atoms with van der Waals surface area (Å²) in [7, 11) is 1.51. The fourth-order valence-electron chi connectivity index (χ4n) is 3.89. The zero-order valence-electron chi connectivity index (χ0n) is 21.4. The summed E-state index contributed by atoms with van der Waals surface area (Å²) in [4.78, 5) is 41.2. The highest BCUT2D eigenvalue weighted by Crippen LogP contribution is 2.31. The molecular formula is C26H29ClN6O5. The van der Waals surface area contributed by atoms with Crippen LogP contribution in [0.5, 0.6) is 0 Å². The van der Waals surface area contributed by atoms with Crippen molar-refractivity contribution in [1.29, 1.82) is 0 Å². The number of carbonyl (C=O) groups is 1. The number of rotatable bonds is 10. The van der Waals surface area contributed by atoms with Crippen LogP contribution in [-0.2, 0) is 9.63 Å². The number of halogens is 1. The van der Waals surface area contributed by atoms with E-state index in [9.17, 15) is 9.59 Å². The summed E-state index contributed by atoms with van der Waals surface area (Å²) in [6, 6.07) is 6.62. The first kappa shape index (κ1) is 28.4. The van der Waals surface area contributed by atoms with Crippen molar-refractivity contribution >= 4 is 52.4 Å². The van der Waals surface area contributed by atoms with Gasteiger partial charge in [-0.1, -0.05) is 17.7 Å². The van der Waals surface area contributed by atoms with Gasteiger partial charge in [0.15, 0.2) is 11.3 Å². The van der Waals surface area contributed by atoms with Crippen LogP contribution in [-0.4, -0.2) is 48.8 Å². The Kier molecular flexibility index (Phi) is 9.58. The lowest BCUT2D eigenvalue weighted by atomic mass is 9.99. The lowest BCUT2D eigenvalue weighted by Crippen LogP contribution is -2.27. The maximum absolute atomic E-state index is 13.4. The van der Waals surface area contributed by atoms with Crippen LogP contribution in [0.15, 0.2) is 49.7 Å². The molecule has 0 saturated heterocycles. The molecule has 0 aliphatic heterocycles. The largest absolute Gasteiger partial charge is 0.455 e. The average Bonchev–Trinajstić information content (AvgIpc) is 2.90. The van der Waals surface area contributed by atoms with Crippen LogP contribution in [0.25, 0.3) is 16.5 Å². The molecule has 0 amide bonds. The van der Waals surface area contributed by atoms with E-state index in [0.717, 1.165) is 5.56 Å². The number of nitrogens with one attached hydrogen (secondary N) is 2. The SMILES string of the molecule is CN=C(NOC=O)c1nc(Cl)ccc1NC(C)c1cc(C)cc2c(=O)c(C)c(/C(C=NCCO)=C/N)oc12. The number of hydrogen-bond donors (Lipinski definition) is 4. The van der Waals surface area contributed by atoms with Crippen molar-refractivity contribution in [3.05, 3.63) is 74.0 Å². The molecule has 1 aromatic carbocycles. The lowest BCUT2D eigenvalue weighted by molar-refractivity contribution is -0.132. The van der Waals surface area contributed by atoms with Gasteiger partial charge in [0, 0.05) is 30.6 Å². The van der Waals surface area contributed by atoms with Crippen molar-refractivity contribution in [2.45, 2.75) is 26.8 Å². The van der Waals surface area contributed by atoms with E-state index in [1.165, 1.54) is 19.5 Å². The van der Waals surface area contributed by atoms with Crippen molar-refractivity contribution in [3.8, 4) is 0 Å². The molecule has 2 aromatic heterocycles. The maximum Gasteiger partial charge on any atom is 0.320 e. The molecule has 0 bridgehead atoms. The van der Waals surface area contributed by atoms with Gasteiger partial charge in [0.05, 0.1) is 35.8 Å². The minimum absolute atomic E-state index is 0.121. The van der Waals surface area contributed by atoms with Gasteiger partial charge >= 0.3 is 6.47 Å². The van der Waals surface area contributed by atoms with Gasteiger partial charge < -0.3 is 25.4 Å². The number of benzene rings is 1. The van der Waals surface area contributed by atoms with Crippen molar-refractivity contribution in [2.75, 3.05) is 25.5 Å². The van der Waals surface area contributed by atoms with E-state index in [1.807, 2.05) is 19.9 Å². The number of allylic oxidation sites excluding steroid dienone is 1. The van der Waals surface area contributed by atoms with E-state index in [4.69, 9.17) is 26.9 Å². The Morgan fingerprint density at radius 3 is 2.76 bits per heavy atom. The van der Waals surface area contributed by atoms with Gasteiger partial charge in [-0.3, -0.25) is 19.6 Å². The van der Waals surface area contributed by atoms with Crippen LogP contribution >= 0.6 is 11.6 Å². The Bertz CT molecular complexity index is 1480. The Morgan fingerprint density at radius 1 is 1.34 bits per heavy atom. The number of amidine groups is 1. The second kappa shape index (κ2) is 12.8. The molecule has 3 aromatic rings. The third-order valence-corrected chi connectivity index (χ3v) is 5.86. The monoisotopic (exact) mass is 540 g/mol. The Hall–Kier alpha value is -4.22. The van der Waals surface area contributed by atoms with Crippen molar-refractivity contribution in [2.24, 2.45) is 15.7 Å². The fraction of sp³-hybridized carbons (Fsp3) is 0.269. The van der Waals surface area contributed by atoms with Crippen molar-refractivity contribution in [1.82, 2.24) is 10.5 Å². The standard InChI is InChI=1S/C26H29ClN6O5/c1-14-9-18(16(3)31-20-5-6-21(27)32-22(20)26(29-4)33-37-13-35)25-19(10-14)23(36)15(2)24(38-25)17(11-28)12-30-7-8-34/h5-6,9-13,16,31,34H,7-8,28H2,1-4H3,(H,29,33)/b17-11+,30-12?. The highest BCUT2D eigenvalue weighted by molar-refractivity contribution is 6.29. The van der Waals surface area contributed by atoms with Crippen molar-refractivity contribution in [3.63, 3.8) is 0 Å². The summed E-state index contributed by atoms with van der Waals surface area (Å²) in [5.41, 5.74) is 11.7. The van der Waals surface area contributed by atoms with Gasteiger partial charge in [-0.15, -0.1) is 0 Å². The van der Waals surface area contributed by atoms with E-state index in [1.54, 1.807) is 25.1 Å². The number of hydroxylamine groups is 1. The summed E-state index contributed by atoms with van der Waals surface area (Å²) in [6.45, 7) is 5.75. The van der Waals surface area contributed by atoms with Gasteiger partial charge in [-0.05, 0) is 44.5 Å². The van der Waals surface area contributed by atoms with E-state index < -0.39 is 6.04 Å². The number of anilines is 1. The molecule has 1 unspecified atom stereocenters. The molecule has 0 fully saturated rings. The van der Waals surface area contributed by atoms with Crippen LogP contribution in [0.2, 0.25) is 5.15 Å². The molecule has 3 rings (SSSR count). The zero-order chi connectivity index (χ0) is 27.8. The minimum atomic E-state index is -0.392. The molecule has 5 N–H and O–H groups in total. The number of hydrogen-bond acceptors (Lipinski definition) is 10. The minimum Gasteiger partial charge on any atom is -0.455 e. The van der Waals surface area contributed by atoms with E-state index in [-0.39, 0.29) is 41.8 Å². The summed E-state index contributed by atoms with van der Waals surface area (Å²) < 4.78 is 6.30. The van der Waals surface area contributed by atoms with E-state index >= 15 is 0 Å². The molecule has 0 saturated carbocycles. The third kappa shape index (κ3) is 6.18. The van der Waals surface area contributed by atoms with Crippen molar-refractivity contribution < 1.29 is 19.2 Å². The molecule has 200 valence electrons. The van der Waals surface area contributed by atoms with E-state index in [2.05, 4.69) is 30.6 Å². The Labute approximate surface area is 224 Å². The van der Waals surface area contributed by atoms with Gasteiger partial charge in [-0.25, -0.2) is 4.98 Å². The Balaban J connectivity index is 2.15. The number of aryl methyl sites for hydroxylation is 1. The molecule has 2 heterocycles. The number of aliphatic hydroxyl groups excluding tert-OH is 1. The highest BCUT2D eigenvalue weighted by atomic mass is 35.5. The van der Waals surface area contributed by atoms with Crippen LogP contribution in [0.3, 0.4) is 0 Å². The summed E-state index contributed by atoms with van der Waals surface area (Å²) >= 11 is 6.12. The number of nitrogens with two attached hydrogens (primary N) is 1. The van der Waals surface area contributed by atoms with Crippen LogP contribution in [0.4, 0.5) is 5.69 Å². The number of aromatic nitrogens is 1. The first-order valence-corrected chi connectivity index (χ1v) is 12.0. The van der Waals surface area contributed by atoms with Crippen LogP contribution < -0.4 is 22.0 Å². The fourth-order valence-corrected chi connectivity index (χ4v) is 4.03. The molecule has 0 aliphatic carbocycles. The van der Waals surface area contributed by atoms with Gasteiger partial charge in [0.25, 0.3) is 0 Å². The molecule has 0 radical (unpaired) electrons. The molecule has 12 heteroatoms. The second-order valence-electron chi connectivity index (χ2n) is 8.28. The maximum atomic E-state index is 13.4.